The van der Waals surface area contributed by atoms with Gasteiger partial charge in [-0.1, -0.05) is 0 Å². The van der Waals surface area contributed by atoms with Gasteiger partial charge >= 0.3 is 0 Å². The smallest absolute Gasteiger partial charge is 0.106 e. The first-order chi connectivity index (χ1) is 6.92. The van der Waals surface area contributed by atoms with Gasteiger partial charge in [-0.2, -0.15) is 0 Å². The van der Waals surface area contributed by atoms with Gasteiger partial charge in [0.25, 0.3) is 0 Å². The molecule has 1 saturated heterocycles. The Balaban J connectivity index is 1.64. The molecule has 1 saturated carbocycles. The van der Waals surface area contributed by atoms with Crippen molar-refractivity contribution in [3.8, 4) is 0 Å². The largest absolute Gasteiger partial charge is 0.346 e. The van der Waals surface area contributed by atoms with E-state index in [0.717, 1.165) is 18.3 Å². The van der Waals surface area contributed by atoms with Crippen molar-refractivity contribution in [2.75, 3.05) is 13.1 Å². The van der Waals surface area contributed by atoms with Crippen LogP contribution in [0.3, 0.4) is 0 Å². The van der Waals surface area contributed by atoms with E-state index in [1.807, 2.05) is 6.20 Å². The van der Waals surface area contributed by atoms with Crippen LogP contribution in [0.15, 0.2) is 6.20 Å². The minimum atomic E-state index is 0.799. The van der Waals surface area contributed by atoms with Crippen LogP contribution in [-0.4, -0.2) is 23.1 Å². The van der Waals surface area contributed by atoms with Crippen LogP contribution in [0.4, 0.5) is 0 Å². The topological polar surface area (TPSA) is 40.7 Å². The van der Waals surface area contributed by atoms with Gasteiger partial charge in [0, 0.05) is 24.2 Å². The number of rotatable bonds is 3. The maximum atomic E-state index is 4.46. The zero-order valence-corrected chi connectivity index (χ0v) is 8.42. The summed E-state index contributed by atoms with van der Waals surface area (Å²) in [4.78, 5) is 7.92. The normalized spacial score (nSPS) is 27.0. The van der Waals surface area contributed by atoms with Crippen molar-refractivity contribution in [2.45, 2.75) is 31.6 Å². The average molecular weight is 191 g/mol. The Hall–Kier alpha value is -0.830. The van der Waals surface area contributed by atoms with E-state index < -0.39 is 0 Å². The number of nitrogens with zero attached hydrogens (tertiary/aromatic N) is 1. The number of hydrogen-bond acceptors (Lipinski definition) is 2. The fourth-order valence-electron chi connectivity index (χ4n) is 2.25. The summed E-state index contributed by atoms with van der Waals surface area (Å²) in [5, 5.41) is 3.39. The summed E-state index contributed by atoms with van der Waals surface area (Å²) >= 11 is 0. The molecule has 1 aromatic heterocycles. The molecule has 1 unspecified atom stereocenters. The second kappa shape index (κ2) is 3.39. The van der Waals surface area contributed by atoms with Crippen LogP contribution < -0.4 is 5.32 Å². The van der Waals surface area contributed by atoms with E-state index in [2.05, 4.69) is 15.3 Å². The maximum absolute atomic E-state index is 4.46. The van der Waals surface area contributed by atoms with E-state index >= 15 is 0 Å². The van der Waals surface area contributed by atoms with Gasteiger partial charge in [-0.3, -0.25) is 0 Å². The van der Waals surface area contributed by atoms with Crippen LogP contribution in [0.25, 0.3) is 0 Å². The highest BCUT2D eigenvalue weighted by Crippen LogP contribution is 2.38. The third kappa shape index (κ3) is 1.69. The molecular weight excluding hydrogens is 174 g/mol. The van der Waals surface area contributed by atoms with E-state index in [0.29, 0.717) is 0 Å². The first-order valence-electron chi connectivity index (χ1n) is 5.66. The van der Waals surface area contributed by atoms with Gasteiger partial charge < -0.3 is 10.3 Å². The zero-order chi connectivity index (χ0) is 9.38. The Morgan fingerprint density at radius 3 is 3.00 bits per heavy atom. The van der Waals surface area contributed by atoms with Gasteiger partial charge in [-0.15, -0.1) is 0 Å². The highest BCUT2D eigenvalue weighted by molar-refractivity contribution is 5.13. The molecular formula is C11H17N3. The summed E-state index contributed by atoms with van der Waals surface area (Å²) in [6.07, 6.45) is 7.17. The lowest BCUT2D eigenvalue weighted by atomic mass is 10.1. The van der Waals surface area contributed by atoms with E-state index in [1.165, 1.54) is 43.9 Å². The SMILES string of the molecule is c1nc(CC2CCNC2)[nH]c1C1CC1. The summed E-state index contributed by atoms with van der Waals surface area (Å²) in [5.74, 6) is 2.80. The monoisotopic (exact) mass is 191 g/mol. The fourth-order valence-corrected chi connectivity index (χ4v) is 2.25. The Kier molecular flexibility index (Phi) is 2.05. The number of imidazole rings is 1. The molecule has 0 radical (unpaired) electrons. The van der Waals surface area contributed by atoms with E-state index in [1.54, 1.807) is 0 Å². The molecule has 2 heterocycles. The molecule has 3 rings (SSSR count). The maximum Gasteiger partial charge on any atom is 0.106 e. The molecule has 0 bridgehead atoms. The molecule has 0 aromatic carbocycles. The van der Waals surface area contributed by atoms with Gasteiger partial charge in [0.05, 0.1) is 0 Å². The zero-order valence-electron chi connectivity index (χ0n) is 8.42. The molecule has 1 atom stereocenters. The van der Waals surface area contributed by atoms with E-state index in [-0.39, 0.29) is 0 Å². The molecule has 14 heavy (non-hydrogen) atoms. The van der Waals surface area contributed by atoms with Gasteiger partial charge in [0.2, 0.25) is 0 Å². The van der Waals surface area contributed by atoms with Gasteiger partial charge in [0.1, 0.15) is 5.82 Å². The number of H-pyrrole nitrogens is 1. The number of aromatic amines is 1. The molecule has 1 aliphatic carbocycles. The standard InChI is InChI=1S/C11H17N3/c1-2-9(1)10-7-13-11(14-10)5-8-3-4-12-6-8/h7-9,12H,1-6H2,(H,13,14). The summed E-state index contributed by atoms with van der Waals surface area (Å²) in [5.41, 5.74) is 1.37. The van der Waals surface area contributed by atoms with E-state index in [9.17, 15) is 0 Å². The lowest BCUT2D eigenvalue weighted by Crippen LogP contribution is -2.11. The highest BCUT2D eigenvalue weighted by Gasteiger charge is 2.25. The highest BCUT2D eigenvalue weighted by atomic mass is 14.9. The minimum Gasteiger partial charge on any atom is -0.346 e. The van der Waals surface area contributed by atoms with Crippen LogP contribution in [0.2, 0.25) is 0 Å². The molecule has 1 aliphatic heterocycles. The Labute approximate surface area is 84.3 Å². The first-order valence-corrected chi connectivity index (χ1v) is 5.66. The summed E-state index contributed by atoms with van der Waals surface area (Å²) < 4.78 is 0. The molecule has 0 amide bonds. The van der Waals surface area contributed by atoms with Crippen molar-refractivity contribution in [1.29, 1.82) is 0 Å². The van der Waals surface area contributed by atoms with Crippen molar-refractivity contribution < 1.29 is 0 Å². The lowest BCUT2D eigenvalue weighted by molar-refractivity contribution is 0.564. The molecule has 3 nitrogen and oxygen atoms in total. The second-order valence-electron chi connectivity index (χ2n) is 4.62. The van der Waals surface area contributed by atoms with Crippen LogP contribution in [0, 0.1) is 5.92 Å². The van der Waals surface area contributed by atoms with Crippen molar-refractivity contribution in [3.05, 3.63) is 17.7 Å². The predicted molar refractivity (Wildman–Crippen MR) is 55.2 cm³/mol. The number of aromatic nitrogens is 2. The average Bonchev–Trinajstić information content (AvgIpc) is 2.75. The van der Waals surface area contributed by atoms with Crippen molar-refractivity contribution in [3.63, 3.8) is 0 Å². The van der Waals surface area contributed by atoms with Gasteiger partial charge in [-0.25, -0.2) is 4.98 Å². The quantitative estimate of drug-likeness (QED) is 0.759. The summed E-state index contributed by atoms with van der Waals surface area (Å²) in [7, 11) is 0. The molecule has 3 heteroatoms. The van der Waals surface area contributed by atoms with E-state index in [4.69, 9.17) is 0 Å². The second-order valence-corrected chi connectivity index (χ2v) is 4.62. The van der Waals surface area contributed by atoms with Crippen molar-refractivity contribution in [2.24, 2.45) is 5.92 Å². The van der Waals surface area contributed by atoms with Crippen LogP contribution >= 0.6 is 0 Å². The van der Waals surface area contributed by atoms with Crippen LogP contribution in [0.1, 0.15) is 36.7 Å². The molecule has 76 valence electrons. The number of nitrogens with one attached hydrogen (secondary N) is 2. The van der Waals surface area contributed by atoms with Gasteiger partial charge in [0.15, 0.2) is 0 Å². The lowest BCUT2D eigenvalue weighted by Gasteiger charge is -2.04. The Morgan fingerprint density at radius 1 is 1.36 bits per heavy atom. The van der Waals surface area contributed by atoms with Gasteiger partial charge in [-0.05, 0) is 38.3 Å². The summed E-state index contributed by atoms with van der Waals surface area (Å²) in [6.45, 7) is 2.35. The number of hydrogen-bond donors (Lipinski definition) is 2. The third-order valence-electron chi connectivity index (χ3n) is 3.31. The van der Waals surface area contributed by atoms with Crippen LogP contribution in [0.5, 0.6) is 0 Å². The molecule has 1 aromatic rings. The molecule has 0 spiro atoms. The molecule has 2 N–H and O–H groups in total. The fraction of sp³-hybridized carbons (Fsp3) is 0.727. The Bertz CT molecular complexity index is 308. The first kappa shape index (κ1) is 8.48. The Morgan fingerprint density at radius 2 is 2.29 bits per heavy atom. The minimum absolute atomic E-state index is 0.799. The predicted octanol–water partition coefficient (Wildman–Crippen LogP) is 1.44. The molecule has 2 fully saturated rings. The van der Waals surface area contributed by atoms with Crippen molar-refractivity contribution in [1.82, 2.24) is 15.3 Å². The van der Waals surface area contributed by atoms with Crippen molar-refractivity contribution >= 4 is 0 Å². The summed E-state index contributed by atoms with van der Waals surface area (Å²) in [6, 6.07) is 0. The third-order valence-corrected chi connectivity index (χ3v) is 3.31. The van der Waals surface area contributed by atoms with Crippen LogP contribution in [-0.2, 0) is 6.42 Å². The molecule has 2 aliphatic rings.